The Morgan fingerprint density at radius 1 is 1.05 bits per heavy atom. The summed E-state index contributed by atoms with van der Waals surface area (Å²) in [6.07, 6.45) is 0. The van der Waals surface area contributed by atoms with E-state index in [0.29, 0.717) is 18.7 Å². The average Bonchev–Trinajstić information content (AvgIpc) is 2.40. The molecule has 0 bridgehead atoms. The van der Waals surface area contributed by atoms with E-state index >= 15 is 0 Å². The lowest BCUT2D eigenvalue weighted by molar-refractivity contribution is 0.0943. The van der Waals surface area contributed by atoms with Gasteiger partial charge >= 0.3 is 0 Å². The summed E-state index contributed by atoms with van der Waals surface area (Å²) < 4.78 is 12.8. The predicted octanol–water partition coefficient (Wildman–Crippen LogP) is 3.14. The first kappa shape index (κ1) is 13.4. The predicted molar refractivity (Wildman–Crippen MR) is 73.5 cm³/mol. The molecule has 0 aromatic heterocycles. The molecule has 0 atom stereocenters. The highest BCUT2D eigenvalue weighted by Crippen LogP contribution is 2.07. The highest BCUT2D eigenvalue weighted by Gasteiger charge is 2.09. The van der Waals surface area contributed by atoms with Crippen molar-refractivity contribution < 1.29 is 9.18 Å². The molecule has 0 aliphatic carbocycles. The van der Waals surface area contributed by atoms with Gasteiger partial charge in [0, 0.05) is 12.1 Å². The Morgan fingerprint density at radius 3 is 2.32 bits per heavy atom. The van der Waals surface area contributed by atoms with Gasteiger partial charge in [-0.05, 0) is 36.9 Å². The van der Waals surface area contributed by atoms with Crippen LogP contribution in [0.25, 0.3) is 0 Å². The fourth-order valence-corrected chi connectivity index (χ4v) is 1.92. The van der Waals surface area contributed by atoms with Crippen molar-refractivity contribution in [2.24, 2.45) is 0 Å². The summed E-state index contributed by atoms with van der Waals surface area (Å²) in [6.45, 7) is 1.04. The lowest BCUT2D eigenvalue weighted by Gasteiger charge is -2.15. The molecule has 0 fully saturated rings. The maximum absolute atomic E-state index is 12.8. The Bertz CT molecular complexity index is 536. The molecule has 0 heterocycles. The summed E-state index contributed by atoms with van der Waals surface area (Å²) in [6, 6.07) is 15.6. The van der Waals surface area contributed by atoms with Crippen molar-refractivity contribution >= 4 is 5.78 Å². The van der Waals surface area contributed by atoms with E-state index in [9.17, 15) is 9.18 Å². The van der Waals surface area contributed by atoms with Gasteiger partial charge in [-0.2, -0.15) is 0 Å². The normalized spacial score (nSPS) is 10.7. The third-order valence-electron chi connectivity index (χ3n) is 2.88. The molecule has 19 heavy (non-hydrogen) atoms. The molecule has 98 valence electrons. The minimum absolute atomic E-state index is 0.00145. The standard InChI is InChI=1S/C16H16FNO/c1-18(11-13-5-3-2-4-6-13)12-16(19)14-7-9-15(17)10-8-14/h2-10H,11-12H2,1H3. The van der Waals surface area contributed by atoms with Crippen LogP contribution in [0.1, 0.15) is 15.9 Å². The number of hydrogen-bond donors (Lipinski definition) is 0. The molecular weight excluding hydrogens is 241 g/mol. The summed E-state index contributed by atoms with van der Waals surface area (Å²) in [5.41, 5.74) is 1.71. The molecule has 0 unspecified atom stereocenters. The SMILES string of the molecule is CN(CC(=O)c1ccc(F)cc1)Cc1ccccc1. The van der Waals surface area contributed by atoms with Gasteiger partial charge in [-0.1, -0.05) is 30.3 Å². The van der Waals surface area contributed by atoms with Gasteiger partial charge in [0.1, 0.15) is 5.82 Å². The van der Waals surface area contributed by atoms with Crippen molar-refractivity contribution in [3.05, 3.63) is 71.5 Å². The number of benzene rings is 2. The monoisotopic (exact) mass is 257 g/mol. The molecule has 2 aromatic carbocycles. The zero-order valence-corrected chi connectivity index (χ0v) is 10.8. The van der Waals surface area contributed by atoms with Gasteiger partial charge in [-0.25, -0.2) is 4.39 Å². The van der Waals surface area contributed by atoms with E-state index in [2.05, 4.69) is 0 Å². The quantitative estimate of drug-likeness (QED) is 0.767. The number of rotatable bonds is 5. The van der Waals surface area contributed by atoms with Gasteiger partial charge in [0.2, 0.25) is 0 Å². The third kappa shape index (κ3) is 4.00. The van der Waals surface area contributed by atoms with Crippen LogP contribution in [0.2, 0.25) is 0 Å². The number of Topliss-reactive ketones (excluding diaryl/α,β-unsaturated/α-hetero) is 1. The number of halogens is 1. The second kappa shape index (κ2) is 6.25. The van der Waals surface area contributed by atoms with Crippen molar-refractivity contribution in [2.75, 3.05) is 13.6 Å². The molecule has 3 heteroatoms. The molecule has 0 radical (unpaired) electrons. The summed E-state index contributed by atoms with van der Waals surface area (Å²) in [5, 5.41) is 0. The molecular formula is C16H16FNO. The van der Waals surface area contributed by atoms with Crippen LogP contribution in [0.3, 0.4) is 0 Å². The number of ketones is 1. The molecule has 0 N–H and O–H groups in total. The van der Waals surface area contributed by atoms with Crippen molar-refractivity contribution in [3.8, 4) is 0 Å². The number of hydrogen-bond acceptors (Lipinski definition) is 2. The van der Waals surface area contributed by atoms with Crippen molar-refractivity contribution in [1.82, 2.24) is 4.90 Å². The van der Waals surface area contributed by atoms with E-state index in [1.54, 1.807) is 0 Å². The minimum Gasteiger partial charge on any atom is -0.295 e. The zero-order valence-electron chi connectivity index (χ0n) is 10.8. The van der Waals surface area contributed by atoms with Crippen LogP contribution < -0.4 is 0 Å². The van der Waals surface area contributed by atoms with E-state index in [0.717, 1.165) is 5.56 Å². The van der Waals surface area contributed by atoms with Gasteiger partial charge in [0.25, 0.3) is 0 Å². The Balaban J connectivity index is 1.93. The highest BCUT2D eigenvalue weighted by molar-refractivity contribution is 5.97. The van der Waals surface area contributed by atoms with E-state index in [-0.39, 0.29) is 11.6 Å². The highest BCUT2D eigenvalue weighted by atomic mass is 19.1. The van der Waals surface area contributed by atoms with Crippen LogP contribution in [0, 0.1) is 5.82 Å². The molecule has 2 aromatic rings. The fraction of sp³-hybridized carbons (Fsp3) is 0.188. The molecule has 0 aliphatic rings. The van der Waals surface area contributed by atoms with Crippen molar-refractivity contribution in [1.29, 1.82) is 0 Å². The van der Waals surface area contributed by atoms with Gasteiger partial charge < -0.3 is 0 Å². The zero-order chi connectivity index (χ0) is 13.7. The van der Waals surface area contributed by atoms with Crippen molar-refractivity contribution in [3.63, 3.8) is 0 Å². The minimum atomic E-state index is -0.325. The molecule has 0 spiro atoms. The first-order valence-electron chi connectivity index (χ1n) is 6.16. The van der Waals surface area contributed by atoms with E-state index < -0.39 is 0 Å². The summed E-state index contributed by atoms with van der Waals surface area (Å²) >= 11 is 0. The van der Waals surface area contributed by atoms with Gasteiger partial charge in [0.05, 0.1) is 6.54 Å². The molecule has 2 nitrogen and oxygen atoms in total. The molecule has 0 amide bonds. The summed E-state index contributed by atoms with van der Waals surface area (Å²) in [7, 11) is 1.90. The Hall–Kier alpha value is -2.00. The third-order valence-corrected chi connectivity index (χ3v) is 2.88. The Morgan fingerprint density at radius 2 is 1.68 bits per heavy atom. The largest absolute Gasteiger partial charge is 0.295 e. The van der Waals surface area contributed by atoms with Crippen LogP contribution in [-0.4, -0.2) is 24.3 Å². The first-order chi connectivity index (χ1) is 9.15. The Labute approximate surface area is 112 Å². The van der Waals surface area contributed by atoms with E-state index in [1.807, 2.05) is 42.3 Å². The average molecular weight is 257 g/mol. The molecule has 0 aliphatic heterocycles. The number of carbonyl (C=O) groups excluding carboxylic acids is 1. The van der Waals surface area contributed by atoms with Gasteiger partial charge in [-0.15, -0.1) is 0 Å². The maximum atomic E-state index is 12.8. The first-order valence-corrected chi connectivity index (χ1v) is 6.16. The molecule has 0 saturated heterocycles. The lowest BCUT2D eigenvalue weighted by atomic mass is 10.1. The number of likely N-dealkylation sites (N-methyl/N-ethyl adjacent to an activating group) is 1. The van der Waals surface area contributed by atoms with Crippen LogP contribution in [0.4, 0.5) is 4.39 Å². The number of nitrogens with zero attached hydrogens (tertiary/aromatic N) is 1. The van der Waals surface area contributed by atoms with Crippen molar-refractivity contribution in [2.45, 2.75) is 6.54 Å². The molecule has 2 rings (SSSR count). The van der Waals surface area contributed by atoms with Crippen LogP contribution in [0.15, 0.2) is 54.6 Å². The van der Waals surface area contributed by atoms with E-state index in [1.165, 1.54) is 24.3 Å². The second-order valence-electron chi connectivity index (χ2n) is 4.59. The van der Waals surface area contributed by atoms with Crippen LogP contribution in [-0.2, 0) is 6.54 Å². The van der Waals surface area contributed by atoms with Crippen LogP contribution >= 0.6 is 0 Å². The van der Waals surface area contributed by atoms with Gasteiger partial charge in [0.15, 0.2) is 5.78 Å². The number of carbonyl (C=O) groups is 1. The fourth-order valence-electron chi connectivity index (χ4n) is 1.92. The summed E-state index contributed by atoms with van der Waals surface area (Å²) in [5.74, 6) is -0.326. The van der Waals surface area contributed by atoms with E-state index in [4.69, 9.17) is 0 Å². The molecule has 0 saturated carbocycles. The summed E-state index contributed by atoms with van der Waals surface area (Å²) in [4.78, 5) is 13.9. The maximum Gasteiger partial charge on any atom is 0.176 e. The smallest absolute Gasteiger partial charge is 0.176 e. The van der Waals surface area contributed by atoms with Gasteiger partial charge in [-0.3, -0.25) is 9.69 Å². The topological polar surface area (TPSA) is 20.3 Å². The van der Waals surface area contributed by atoms with Crippen LogP contribution in [0.5, 0.6) is 0 Å². The Kier molecular flexibility index (Phi) is 4.42. The lowest BCUT2D eigenvalue weighted by Crippen LogP contribution is -2.25. The second-order valence-corrected chi connectivity index (χ2v) is 4.59.